The van der Waals surface area contributed by atoms with Crippen molar-refractivity contribution in [1.82, 2.24) is 15.0 Å². The normalized spacial score (nSPS) is 15.1. The van der Waals surface area contributed by atoms with E-state index in [0.29, 0.717) is 23.8 Å². The summed E-state index contributed by atoms with van der Waals surface area (Å²) in [5.74, 6) is 0.631. The molecule has 0 aliphatic heterocycles. The molecule has 0 spiro atoms. The first-order chi connectivity index (χ1) is 16.9. The van der Waals surface area contributed by atoms with Crippen molar-refractivity contribution in [2.24, 2.45) is 5.92 Å². The van der Waals surface area contributed by atoms with E-state index in [-0.39, 0.29) is 18.8 Å². The lowest BCUT2D eigenvalue weighted by atomic mass is 9.84. The van der Waals surface area contributed by atoms with E-state index in [0.717, 1.165) is 18.4 Å². The Labute approximate surface area is 206 Å². The lowest BCUT2D eigenvalue weighted by molar-refractivity contribution is -0.123. The molecule has 0 unspecified atom stereocenters. The van der Waals surface area contributed by atoms with Gasteiger partial charge in [-0.2, -0.15) is 4.72 Å². The van der Waals surface area contributed by atoms with Gasteiger partial charge in [0, 0.05) is 12.1 Å². The average Bonchev–Trinajstić information content (AvgIpc) is 3.69. The highest BCUT2D eigenvalue weighted by atomic mass is 32.2. The number of nitrogens with one attached hydrogen (secondary N) is 2. The Hall–Kier alpha value is -3.21. The molecule has 1 aliphatic carbocycles. The van der Waals surface area contributed by atoms with Crippen LogP contribution in [0.15, 0.2) is 84.0 Å². The summed E-state index contributed by atoms with van der Waals surface area (Å²) in [5.41, 5.74) is 0.818. The Balaban J connectivity index is 1.48. The van der Waals surface area contributed by atoms with Gasteiger partial charge in [0.2, 0.25) is 15.9 Å². The third-order valence-corrected chi connectivity index (χ3v) is 7.27. The van der Waals surface area contributed by atoms with E-state index in [1.54, 1.807) is 36.7 Å². The van der Waals surface area contributed by atoms with Crippen LogP contribution in [0.2, 0.25) is 0 Å². The molecular weight excluding hydrogens is 465 g/mol. The highest BCUT2D eigenvalue weighted by molar-refractivity contribution is 7.89. The number of sulfonamides is 1. The van der Waals surface area contributed by atoms with Gasteiger partial charge in [0.25, 0.3) is 7.48 Å². The fraction of sp³-hybridized carbons (Fsp3) is 0.280. The fourth-order valence-corrected chi connectivity index (χ4v) is 4.96. The Kier molecular flexibility index (Phi) is 8.17. The van der Waals surface area contributed by atoms with Crippen LogP contribution in [0.25, 0.3) is 0 Å². The van der Waals surface area contributed by atoms with Crippen LogP contribution in [0.4, 0.5) is 0 Å². The van der Waals surface area contributed by atoms with Crippen LogP contribution in [-0.4, -0.2) is 43.8 Å². The number of aromatic nitrogens is 1. The molecule has 182 valence electrons. The van der Waals surface area contributed by atoms with Crippen molar-refractivity contribution in [3.05, 3.63) is 84.7 Å². The maximum atomic E-state index is 13.2. The van der Waals surface area contributed by atoms with Crippen molar-refractivity contribution in [2.75, 3.05) is 0 Å². The number of pyridine rings is 1. The Bertz CT molecular complexity index is 1210. The molecule has 2 aromatic carbocycles. The SMILES string of the molecule is O=C(N[C@H](BO)CC1CC1)[C@H](Cc1ccccc1)NS(=O)(=O)c1ccc(Oc2cccnc2)cc1. The van der Waals surface area contributed by atoms with Crippen molar-refractivity contribution in [2.45, 2.75) is 42.6 Å². The number of hydrogen-bond donors (Lipinski definition) is 3. The molecule has 10 heteroatoms. The zero-order chi connectivity index (χ0) is 24.7. The van der Waals surface area contributed by atoms with E-state index in [9.17, 15) is 18.2 Å². The summed E-state index contributed by atoms with van der Waals surface area (Å²) in [6.45, 7) is 0. The predicted octanol–water partition coefficient (Wildman–Crippen LogP) is 2.35. The number of nitrogens with zero attached hydrogens (tertiary/aromatic N) is 1. The van der Waals surface area contributed by atoms with Crippen molar-refractivity contribution in [3.63, 3.8) is 0 Å². The summed E-state index contributed by atoms with van der Waals surface area (Å²) in [5, 5.41) is 12.5. The van der Waals surface area contributed by atoms with Gasteiger partial charge in [0.15, 0.2) is 0 Å². The van der Waals surface area contributed by atoms with Gasteiger partial charge in [-0.15, -0.1) is 0 Å². The van der Waals surface area contributed by atoms with Gasteiger partial charge in [-0.25, -0.2) is 8.42 Å². The van der Waals surface area contributed by atoms with E-state index >= 15 is 0 Å². The van der Waals surface area contributed by atoms with E-state index in [4.69, 9.17) is 4.74 Å². The molecule has 4 rings (SSSR count). The molecule has 3 aromatic rings. The molecule has 8 nitrogen and oxygen atoms in total. The molecule has 0 saturated heterocycles. The molecule has 1 amide bonds. The third-order valence-electron chi connectivity index (χ3n) is 5.78. The number of rotatable bonds is 12. The molecule has 35 heavy (non-hydrogen) atoms. The van der Waals surface area contributed by atoms with Crippen molar-refractivity contribution >= 4 is 23.4 Å². The van der Waals surface area contributed by atoms with Crippen LogP contribution in [-0.2, 0) is 21.2 Å². The van der Waals surface area contributed by atoms with Crippen molar-refractivity contribution < 1.29 is 23.0 Å². The molecule has 1 saturated carbocycles. The monoisotopic (exact) mass is 493 g/mol. The first-order valence-electron chi connectivity index (χ1n) is 11.6. The van der Waals surface area contributed by atoms with Gasteiger partial charge in [-0.05, 0) is 60.7 Å². The van der Waals surface area contributed by atoms with Gasteiger partial charge in [-0.3, -0.25) is 9.78 Å². The molecule has 0 radical (unpaired) electrons. The molecule has 1 aliphatic rings. The van der Waals surface area contributed by atoms with Crippen LogP contribution in [0.5, 0.6) is 11.5 Å². The predicted molar refractivity (Wildman–Crippen MR) is 134 cm³/mol. The number of carbonyl (C=O) groups is 1. The zero-order valence-corrected chi connectivity index (χ0v) is 20.0. The molecular formula is C25H28BN3O5S. The molecule has 1 heterocycles. The van der Waals surface area contributed by atoms with Gasteiger partial charge in [-0.1, -0.05) is 43.2 Å². The molecule has 0 bridgehead atoms. The standard InChI is InChI=1S/C25H28BN3O5S/c30-25(28-24(26-31)16-19-8-9-19)23(15-18-5-2-1-3-6-18)29-35(32,33)22-12-10-20(11-13-22)34-21-7-4-14-27-17-21/h1-7,10-14,17,19,23-24,26,29,31H,8-9,15-16H2,(H,28,30)/t23-,24-/m0/s1. The summed E-state index contributed by atoms with van der Waals surface area (Å²) in [6, 6.07) is 17.6. The second kappa shape index (κ2) is 11.5. The van der Waals surface area contributed by atoms with E-state index in [1.807, 2.05) is 30.3 Å². The van der Waals surface area contributed by atoms with Crippen LogP contribution in [0.3, 0.4) is 0 Å². The fourth-order valence-electron chi connectivity index (χ4n) is 3.76. The van der Waals surface area contributed by atoms with Crippen molar-refractivity contribution in [3.8, 4) is 11.5 Å². The largest absolute Gasteiger partial charge is 0.456 e. The van der Waals surface area contributed by atoms with Gasteiger partial charge in [0.1, 0.15) is 17.5 Å². The van der Waals surface area contributed by atoms with Gasteiger partial charge >= 0.3 is 0 Å². The van der Waals surface area contributed by atoms with Crippen LogP contribution < -0.4 is 14.8 Å². The number of benzene rings is 2. The third kappa shape index (κ3) is 7.39. The van der Waals surface area contributed by atoms with Crippen LogP contribution in [0, 0.1) is 5.92 Å². The number of hydrogen-bond acceptors (Lipinski definition) is 6. The maximum Gasteiger partial charge on any atom is 0.293 e. The summed E-state index contributed by atoms with van der Waals surface area (Å²) < 4.78 is 34.5. The topological polar surface area (TPSA) is 118 Å². The highest BCUT2D eigenvalue weighted by Gasteiger charge is 2.30. The van der Waals surface area contributed by atoms with Gasteiger partial charge in [0.05, 0.1) is 11.1 Å². The molecule has 1 aromatic heterocycles. The van der Waals surface area contributed by atoms with Crippen LogP contribution >= 0.6 is 0 Å². The smallest absolute Gasteiger partial charge is 0.293 e. The first kappa shape index (κ1) is 24.9. The highest BCUT2D eigenvalue weighted by Crippen LogP contribution is 2.33. The molecule has 3 N–H and O–H groups in total. The van der Waals surface area contributed by atoms with Gasteiger partial charge < -0.3 is 15.1 Å². The Morgan fingerprint density at radius 2 is 1.80 bits per heavy atom. The minimum atomic E-state index is -4.01. The lowest BCUT2D eigenvalue weighted by Gasteiger charge is -2.22. The minimum Gasteiger partial charge on any atom is -0.456 e. The summed E-state index contributed by atoms with van der Waals surface area (Å²) >= 11 is 0. The Morgan fingerprint density at radius 3 is 2.43 bits per heavy atom. The van der Waals surface area contributed by atoms with Crippen molar-refractivity contribution in [1.29, 1.82) is 0 Å². The van der Waals surface area contributed by atoms with E-state index < -0.39 is 27.9 Å². The molecule has 2 atom stereocenters. The second-order valence-electron chi connectivity index (χ2n) is 8.69. The van der Waals surface area contributed by atoms with Crippen LogP contribution in [0.1, 0.15) is 24.8 Å². The first-order valence-corrected chi connectivity index (χ1v) is 13.1. The molecule has 1 fully saturated rings. The summed E-state index contributed by atoms with van der Waals surface area (Å²) in [7, 11) is -4.20. The average molecular weight is 493 g/mol. The zero-order valence-electron chi connectivity index (χ0n) is 19.2. The number of ether oxygens (including phenoxy) is 1. The van der Waals surface area contributed by atoms with E-state index in [2.05, 4.69) is 15.0 Å². The summed E-state index contributed by atoms with van der Waals surface area (Å²) in [6.07, 6.45) is 6.23. The minimum absolute atomic E-state index is 0.0126. The quantitative estimate of drug-likeness (QED) is 0.334. The maximum absolute atomic E-state index is 13.2. The van der Waals surface area contributed by atoms with E-state index in [1.165, 1.54) is 12.1 Å². The number of amides is 1. The summed E-state index contributed by atoms with van der Waals surface area (Å²) in [4.78, 5) is 17.1. The lowest BCUT2D eigenvalue weighted by Crippen LogP contribution is -2.52. The second-order valence-corrected chi connectivity index (χ2v) is 10.4. The number of carbonyl (C=O) groups excluding carboxylic acids is 1. The Morgan fingerprint density at radius 1 is 1.06 bits per heavy atom.